The summed E-state index contributed by atoms with van der Waals surface area (Å²) in [6, 6.07) is 2.66. The van der Waals surface area contributed by atoms with Gasteiger partial charge in [-0.25, -0.2) is 4.79 Å². The van der Waals surface area contributed by atoms with Crippen LogP contribution in [0.1, 0.15) is 11.3 Å². The number of halogens is 4. The van der Waals surface area contributed by atoms with Crippen LogP contribution in [-0.4, -0.2) is 11.0 Å². The Kier molecular flexibility index (Phi) is 4.45. The van der Waals surface area contributed by atoms with E-state index in [2.05, 4.69) is 5.32 Å². The van der Waals surface area contributed by atoms with Gasteiger partial charge in [-0.05, 0) is 29.8 Å². The highest BCUT2D eigenvalue weighted by Gasteiger charge is 2.31. The molecule has 0 saturated heterocycles. The number of nitrogens with one attached hydrogen (secondary N) is 3. The summed E-state index contributed by atoms with van der Waals surface area (Å²) >= 11 is 5.54. The summed E-state index contributed by atoms with van der Waals surface area (Å²) in [5, 5.41) is 4.47. The largest absolute Gasteiger partial charge is 0.448 e. The molecule has 0 unspecified atom stereocenters. The third-order valence-electron chi connectivity index (χ3n) is 2.53. The van der Waals surface area contributed by atoms with Crippen molar-refractivity contribution < 1.29 is 22.4 Å². The first-order valence-corrected chi connectivity index (χ1v) is 6.22. The second-order valence-electron chi connectivity index (χ2n) is 4.14. The van der Waals surface area contributed by atoms with Gasteiger partial charge in [-0.2, -0.15) is 13.2 Å². The van der Waals surface area contributed by atoms with Crippen LogP contribution in [0.5, 0.6) is 0 Å². The van der Waals surface area contributed by atoms with Crippen LogP contribution in [0, 0.1) is 0 Å². The number of pyridine rings is 1. The summed E-state index contributed by atoms with van der Waals surface area (Å²) in [6.07, 6.45) is -4.11. The molecule has 2 aromatic rings. The van der Waals surface area contributed by atoms with Gasteiger partial charge in [-0.1, -0.05) is 0 Å². The standard InChI is InChI=1S/C12H9ClF3N3O3/c13-9-2-1-7(22-9)5-18-11(21)19-8-3-6(12(14,15)16)4-17-10(8)20/h1-4H,5H2,(H,17,20)(H2,18,19,21). The van der Waals surface area contributed by atoms with Gasteiger partial charge in [-0.15, -0.1) is 0 Å². The Balaban J connectivity index is 2.03. The summed E-state index contributed by atoms with van der Waals surface area (Å²) in [5.74, 6) is 0.345. The molecule has 0 spiro atoms. The molecule has 0 aliphatic carbocycles. The number of alkyl halides is 3. The van der Waals surface area contributed by atoms with Gasteiger partial charge in [0.1, 0.15) is 11.4 Å². The molecule has 0 aliphatic rings. The molecule has 0 radical (unpaired) electrons. The van der Waals surface area contributed by atoms with Crippen LogP contribution in [0.2, 0.25) is 5.22 Å². The first kappa shape index (κ1) is 16.0. The van der Waals surface area contributed by atoms with Crippen LogP contribution in [0.15, 0.2) is 33.6 Å². The number of furan rings is 1. The van der Waals surface area contributed by atoms with Crippen molar-refractivity contribution in [2.24, 2.45) is 0 Å². The molecular formula is C12H9ClF3N3O3. The molecule has 118 valence electrons. The molecule has 0 fully saturated rings. The lowest BCUT2D eigenvalue weighted by Crippen LogP contribution is -2.31. The van der Waals surface area contributed by atoms with E-state index in [9.17, 15) is 22.8 Å². The van der Waals surface area contributed by atoms with E-state index in [1.165, 1.54) is 12.1 Å². The van der Waals surface area contributed by atoms with E-state index in [4.69, 9.17) is 16.0 Å². The van der Waals surface area contributed by atoms with Gasteiger partial charge in [0.2, 0.25) is 0 Å². The number of aromatic amines is 1. The Morgan fingerprint density at radius 1 is 1.36 bits per heavy atom. The van der Waals surface area contributed by atoms with Crippen molar-refractivity contribution >= 4 is 23.3 Å². The third-order valence-corrected chi connectivity index (χ3v) is 2.73. The van der Waals surface area contributed by atoms with Gasteiger partial charge in [0, 0.05) is 6.20 Å². The lowest BCUT2D eigenvalue weighted by Gasteiger charge is -2.09. The summed E-state index contributed by atoms with van der Waals surface area (Å²) in [6.45, 7) is -0.0462. The highest BCUT2D eigenvalue weighted by Crippen LogP contribution is 2.29. The minimum absolute atomic E-state index is 0.0462. The van der Waals surface area contributed by atoms with Gasteiger partial charge in [0.05, 0.1) is 12.1 Å². The molecule has 2 amide bonds. The van der Waals surface area contributed by atoms with Crippen molar-refractivity contribution in [1.29, 1.82) is 0 Å². The number of H-pyrrole nitrogens is 1. The average molecular weight is 336 g/mol. The summed E-state index contributed by atoms with van der Waals surface area (Å²) in [4.78, 5) is 24.9. The first-order valence-electron chi connectivity index (χ1n) is 5.84. The molecule has 2 rings (SSSR count). The number of hydrogen-bond donors (Lipinski definition) is 3. The van der Waals surface area contributed by atoms with E-state index in [0.29, 0.717) is 18.0 Å². The van der Waals surface area contributed by atoms with Crippen LogP contribution < -0.4 is 16.2 Å². The van der Waals surface area contributed by atoms with Gasteiger partial charge in [-0.3, -0.25) is 4.79 Å². The number of carbonyl (C=O) groups excluding carboxylic acids is 1. The molecule has 0 bridgehead atoms. The number of hydrogen-bond acceptors (Lipinski definition) is 3. The summed E-state index contributed by atoms with van der Waals surface area (Å²) in [5.41, 5.74) is -2.46. The SMILES string of the molecule is O=C(NCc1ccc(Cl)o1)Nc1cc(C(F)(F)F)c[nH]c1=O. The fourth-order valence-corrected chi connectivity index (χ4v) is 1.68. The van der Waals surface area contributed by atoms with E-state index in [1.54, 1.807) is 0 Å². The lowest BCUT2D eigenvalue weighted by molar-refractivity contribution is -0.137. The van der Waals surface area contributed by atoms with Gasteiger partial charge < -0.3 is 20.0 Å². The Morgan fingerprint density at radius 3 is 2.68 bits per heavy atom. The maximum Gasteiger partial charge on any atom is 0.417 e. The Labute approximate surface area is 126 Å². The van der Waals surface area contributed by atoms with E-state index in [1.807, 2.05) is 10.3 Å². The fourth-order valence-electron chi connectivity index (χ4n) is 1.52. The van der Waals surface area contributed by atoms with E-state index < -0.39 is 29.0 Å². The zero-order valence-electron chi connectivity index (χ0n) is 10.8. The van der Waals surface area contributed by atoms with Crippen molar-refractivity contribution in [3.8, 4) is 0 Å². The van der Waals surface area contributed by atoms with Gasteiger partial charge in [0.25, 0.3) is 5.56 Å². The molecule has 0 atom stereocenters. The predicted molar refractivity (Wildman–Crippen MR) is 71.6 cm³/mol. The fraction of sp³-hybridized carbons (Fsp3) is 0.167. The van der Waals surface area contributed by atoms with Crippen molar-refractivity contribution in [1.82, 2.24) is 10.3 Å². The maximum atomic E-state index is 12.5. The minimum Gasteiger partial charge on any atom is -0.448 e. The molecule has 6 nitrogen and oxygen atoms in total. The Hall–Kier alpha value is -2.42. The first-order chi connectivity index (χ1) is 10.3. The molecule has 2 heterocycles. The van der Waals surface area contributed by atoms with Gasteiger partial charge >= 0.3 is 12.2 Å². The maximum absolute atomic E-state index is 12.5. The van der Waals surface area contributed by atoms with Crippen molar-refractivity contribution in [3.05, 3.63) is 51.3 Å². The topological polar surface area (TPSA) is 87.1 Å². The molecule has 0 saturated carbocycles. The predicted octanol–water partition coefficient (Wildman–Crippen LogP) is 2.96. The van der Waals surface area contributed by atoms with E-state index in [0.717, 1.165) is 0 Å². The summed E-state index contributed by atoms with van der Waals surface area (Å²) in [7, 11) is 0. The minimum atomic E-state index is -4.64. The smallest absolute Gasteiger partial charge is 0.417 e. The molecule has 0 aliphatic heterocycles. The van der Waals surface area contributed by atoms with E-state index in [-0.39, 0.29) is 11.8 Å². The van der Waals surface area contributed by atoms with Crippen molar-refractivity contribution in [2.45, 2.75) is 12.7 Å². The van der Waals surface area contributed by atoms with E-state index >= 15 is 0 Å². The second-order valence-corrected chi connectivity index (χ2v) is 4.51. The number of amides is 2. The highest BCUT2D eigenvalue weighted by atomic mass is 35.5. The number of urea groups is 1. The molecule has 10 heteroatoms. The number of carbonyl (C=O) groups is 1. The zero-order chi connectivity index (χ0) is 16.3. The molecule has 3 N–H and O–H groups in total. The second kappa shape index (κ2) is 6.14. The van der Waals surface area contributed by atoms with Crippen LogP contribution in [0.4, 0.5) is 23.7 Å². The molecule has 2 aromatic heterocycles. The normalized spacial score (nSPS) is 11.3. The summed E-state index contributed by atoms with van der Waals surface area (Å²) < 4.78 is 42.6. The van der Waals surface area contributed by atoms with Crippen molar-refractivity contribution in [3.63, 3.8) is 0 Å². The lowest BCUT2D eigenvalue weighted by atomic mass is 10.2. The highest BCUT2D eigenvalue weighted by molar-refractivity contribution is 6.28. The number of rotatable bonds is 3. The Bertz CT molecular complexity index is 739. The zero-order valence-corrected chi connectivity index (χ0v) is 11.5. The molecular weight excluding hydrogens is 327 g/mol. The Morgan fingerprint density at radius 2 is 2.09 bits per heavy atom. The number of anilines is 1. The van der Waals surface area contributed by atoms with Crippen LogP contribution in [0.3, 0.4) is 0 Å². The monoisotopic (exact) mass is 335 g/mol. The van der Waals surface area contributed by atoms with Crippen LogP contribution in [-0.2, 0) is 12.7 Å². The van der Waals surface area contributed by atoms with Gasteiger partial charge in [0.15, 0.2) is 5.22 Å². The average Bonchev–Trinajstić information content (AvgIpc) is 2.83. The number of aromatic nitrogens is 1. The van der Waals surface area contributed by atoms with Crippen molar-refractivity contribution in [2.75, 3.05) is 5.32 Å². The molecule has 0 aromatic carbocycles. The molecule has 22 heavy (non-hydrogen) atoms. The van der Waals surface area contributed by atoms with Crippen LogP contribution >= 0.6 is 11.6 Å². The van der Waals surface area contributed by atoms with Crippen LogP contribution in [0.25, 0.3) is 0 Å². The third kappa shape index (κ3) is 4.04. The quantitative estimate of drug-likeness (QED) is 0.806.